The lowest BCUT2D eigenvalue weighted by molar-refractivity contribution is -0.456. The van der Waals surface area contributed by atoms with Gasteiger partial charge >= 0.3 is 0 Å². The molecule has 18 heavy (non-hydrogen) atoms. The second kappa shape index (κ2) is 5.85. The molecule has 0 amide bonds. The molecule has 0 unspecified atom stereocenters. The van der Waals surface area contributed by atoms with E-state index >= 15 is 0 Å². The van der Waals surface area contributed by atoms with Gasteiger partial charge in [-0.15, -0.1) is 0 Å². The van der Waals surface area contributed by atoms with Crippen molar-refractivity contribution in [1.29, 1.82) is 0 Å². The van der Waals surface area contributed by atoms with Gasteiger partial charge in [0, 0.05) is 10.6 Å². The van der Waals surface area contributed by atoms with E-state index in [2.05, 4.69) is 6.58 Å². The molecule has 3 nitrogen and oxygen atoms in total. The number of benzene rings is 1. The van der Waals surface area contributed by atoms with E-state index in [4.69, 9.17) is 26.1 Å². The maximum atomic E-state index is 6.11. The number of rotatable bonds is 3. The van der Waals surface area contributed by atoms with Crippen LogP contribution >= 0.6 is 11.6 Å². The molecule has 1 aliphatic rings. The van der Waals surface area contributed by atoms with Gasteiger partial charge in [-0.05, 0) is 25.0 Å². The van der Waals surface area contributed by atoms with Crippen LogP contribution in [0.5, 0.6) is 0 Å². The Hall–Kier alpha value is -0.870. The molecule has 4 heteroatoms. The number of hydrogen-bond donors (Lipinski definition) is 0. The molecule has 1 aliphatic heterocycles. The summed E-state index contributed by atoms with van der Waals surface area (Å²) in [7, 11) is 0. The Bertz CT molecular complexity index is 433. The van der Waals surface area contributed by atoms with E-state index in [1.165, 1.54) is 0 Å². The third-order valence-electron chi connectivity index (χ3n) is 2.93. The molecule has 98 valence electrons. The lowest BCUT2D eigenvalue weighted by Crippen LogP contribution is -2.39. The molecule has 1 saturated heterocycles. The van der Waals surface area contributed by atoms with Gasteiger partial charge in [-0.3, -0.25) is 0 Å². The quantitative estimate of drug-likeness (QED) is 0.612. The normalized spacial score (nSPS) is 28.1. The van der Waals surface area contributed by atoms with E-state index < -0.39 is 6.29 Å². The van der Waals surface area contributed by atoms with Crippen LogP contribution in [0.15, 0.2) is 36.4 Å². The van der Waals surface area contributed by atoms with Crippen molar-refractivity contribution >= 4 is 11.6 Å². The third-order valence-corrected chi connectivity index (χ3v) is 3.27. The summed E-state index contributed by atoms with van der Waals surface area (Å²) in [5, 5.41) is 0.606. The van der Waals surface area contributed by atoms with Crippen LogP contribution in [-0.4, -0.2) is 12.2 Å². The third kappa shape index (κ3) is 2.75. The fourth-order valence-corrected chi connectivity index (χ4v) is 2.15. The summed E-state index contributed by atoms with van der Waals surface area (Å²) in [5.74, 6) is 0. The fraction of sp³-hybridized carbons (Fsp3) is 0.429. The van der Waals surface area contributed by atoms with Gasteiger partial charge in [0.05, 0.1) is 6.10 Å². The molecular weight excluding hydrogens is 252 g/mol. The van der Waals surface area contributed by atoms with E-state index in [-0.39, 0.29) is 12.2 Å². The van der Waals surface area contributed by atoms with Gasteiger partial charge in [0.25, 0.3) is 0 Å². The van der Waals surface area contributed by atoms with Crippen molar-refractivity contribution < 1.29 is 14.5 Å². The molecule has 0 aliphatic carbocycles. The lowest BCUT2D eigenvalue weighted by Gasteiger charge is -2.35. The Labute approximate surface area is 112 Å². The van der Waals surface area contributed by atoms with Gasteiger partial charge in [-0.25, -0.2) is 4.89 Å². The van der Waals surface area contributed by atoms with Crippen molar-refractivity contribution in [2.75, 3.05) is 0 Å². The smallest absolute Gasteiger partial charge is 0.219 e. The molecule has 1 aromatic rings. The first-order valence-electron chi connectivity index (χ1n) is 6.01. The first-order valence-corrected chi connectivity index (χ1v) is 6.38. The van der Waals surface area contributed by atoms with Crippen LogP contribution in [0.3, 0.4) is 0 Å². The van der Waals surface area contributed by atoms with Crippen molar-refractivity contribution in [1.82, 2.24) is 0 Å². The fourth-order valence-electron chi connectivity index (χ4n) is 1.93. The van der Waals surface area contributed by atoms with Crippen LogP contribution in [-0.2, 0) is 14.5 Å². The maximum Gasteiger partial charge on any atom is 0.219 e. The van der Waals surface area contributed by atoms with Gasteiger partial charge in [-0.2, -0.15) is 4.89 Å². The van der Waals surface area contributed by atoms with Crippen LogP contribution in [0.2, 0.25) is 5.02 Å². The van der Waals surface area contributed by atoms with Crippen molar-refractivity contribution in [2.24, 2.45) is 0 Å². The zero-order chi connectivity index (χ0) is 13.1. The summed E-state index contributed by atoms with van der Waals surface area (Å²) < 4.78 is 5.88. The average Bonchev–Trinajstić information content (AvgIpc) is 2.38. The van der Waals surface area contributed by atoms with Crippen molar-refractivity contribution in [3.8, 4) is 0 Å². The van der Waals surface area contributed by atoms with Crippen molar-refractivity contribution in [3.05, 3.63) is 47.0 Å². The van der Waals surface area contributed by atoms with Gasteiger partial charge in [-0.1, -0.05) is 43.3 Å². The zero-order valence-electron chi connectivity index (χ0n) is 10.6. The van der Waals surface area contributed by atoms with E-state index in [1.54, 1.807) is 6.07 Å². The van der Waals surface area contributed by atoms with Crippen LogP contribution in [0, 0.1) is 0 Å². The highest BCUT2D eigenvalue weighted by atomic mass is 35.5. The molecule has 2 rings (SSSR count). The predicted molar refractivity (Wildman–Crippen MR) is 70.1 cm³/mol. The topological polar surface area (TPSA) is 27.7 Å². The highest BCUT2D eigenvalue weighted by Crippen LogP contribution is 2.34. The minimum Gasteiger partial charge on any atom is -0.339 e. The molecule has 0 aromatic heterocycles. The summed E-state index contributed by atoms with van der Waals surface area (Å²) in [6.45, 7) is 7.82. The molecule has 1 aromatic carbocycles. The average molecular weight is 269 g/mol. The highest BCUT2D eigenvalue weighted by molar-refractivity contribution is 6.31. The summed E-state index contributed by atoms with van der Waals surface area (Å²) in [6.07, 6.45) is -0.0625. The molecule has 0 radical (unpaired) electrons. The summed E-state index contributed by atoms with van der Waals surface area (Å²) in [4.78, 5) is 10.7. The van der Waals surface area contributed by atoms with Gasteiger partial charge in [0.1, 0.15) is 6.10 Å². The predicted octanol–water partition coefficient (Wildman–Crippen LogP) is 4.04. The van der Waals surface area contributed by atoms with Crippen LogP contribution < -0.4 is 0 Å². The van der Waals surface area contributed by atoms with Gasteiger partial charge < -0.3 is 4.74 Å². The standard InChI is InChI=1S/C14H17ClO3/c1-4-12-13(9(2)3)17-18-14(16-12)10-7-5-6-8-11(10)15/h5-8,12-14H,2,4H2,1,3H3/t12-,13-,14-/m1/s1. The molecular formula is C14H17ClO3. The first-order chi connectivity index (χ1) is 8.63. The molecule has 0 bridgehead atoms. The number of ether oxygens (including phenoxy) is 1. The van der Waals surface area contributed by atoms with E-state index in [1.807, 2.05) is 32.0 Å². The summed E-state index contributed by atoms with van der Waals surface area (Å²) in [5.41, 5.74) is 1.66. The minimum absolute atomic E-state index is 0.0717. The Morgan fingerprint density at radius 1 is 1.33 bits per heavy atom. The maximum absolute atomic E-state index is 6.11. The molecule has 0 N–H and O–H groups in total. The van der Waals surface area contributed by atoms with Crippen LogP contribution in [0.4, 0.5) is 0 Å². The second-order valence-electron chi connectivity index (χ2n) is 4.40. The number of halogens is 1. The number of hydrogen-bond acceptors (Lipinski definition) is 3. The molecule has 3 atom stereocenters. The van der Waals surface area contributed by atoms with Crippen molar-refractivity contribution in [2.45, 2.75) is 38.8 Å². The molecule has 0 spiro atoms. The van der Waals surface area contributed by atoms with E-state index in [0.29, 0.717) is 5.02 Å². The molecule has 1 heterocycles. The van der Waals surface area contributed by atoms with Crippen LogP contribution in [0.25, 0.3) is 0 Å². The Morgan fingerprint density at radius 2 is 2.06 bits per heavy atom. The minimum atomic E-state index is -0.584. The van der Waals surface area contributed by atoms with Crippen LogP contribution in [0.1, 0.15) is 32.1 Å². The monoisotopic (exact) mass is 268 g/mol. The Balaban J connectivity index is 2.15. The SMILES string of the molecule is C=C(C)[C@H]1OO[C@H](c2ccccc2Cl)O[C@@H]1CC. The van der Waals surface area contributed by atoms with Gasteiger partial charge in [0.2, 0.25) is 6.29 Å². The van der Waals surface area contributed by atoms with Gasteiger partial charge in [0.15, 0.2) is 0 Å². The van der Waals surface area contributed by atoms with E-state index in [9.17, 15) is 0 Å². The zero-order valence-corrected chi connectivity index (χ0v) is 11.3. The lowest BCUT2D eigenvalue weighted by atomic mass is 10.0. The Kier molecular flexibility index (Phi) is 4.40. The highest BCUT2D eigenvalue weighted by Gasteiger charge is 2.34. The van der Waals surface area contributed by atoms with Crippen molar-refractivity contribution in [3.63, 3.8) is 0 Å². The summed E-state index contributed by atoms with van der Waals surface area (Å²) >= 11 is 6.11. The van der Waals surface area contributed by atoms with E-state index in [0.717, 1.165) is 17.6 Å². The summed E-state index contributed by atoms with van der Waals surface area (Å²) in [6, 6.07) is 7.42. The molecule has 1 fully saturated rings. The Morgan fingerprint density at radius 3 is 2.67 bits per heavy atom. The second-order valence-corrected chi connectivity index (χ2v) is 4.80. The largest absolute Gasteiger partial charge is 0.339 e. The molecule has 0 saturated carbocycles. The first kappa shape index (κ1) is 13.6.